The summed E-state index contributed by atoms with van der Waals surface area (Å²) in [5.74, 6) is -3.12. The number of rotatable bonds is 10. The standard InChI is InChI=1S/2C6H12O2S.2C3H6O2/c2*1-2-3-4-5(9)6(7)8;2*1-2-3(4)5/h2*5,9H,2-4H2,1H3,(H,7,8);2*2H2,1H3,(H,4,5). The highest BCUT2D eigenvalue weighted by Gasteiger charge is 2.10. The van der Waals surface area contributed by atoms with Crippen molar-refractivity contribution in [2.45, 2.75) is 89.6 Å². The van der Waals surface area contributed by atoms with Crippen molar-refractivity contribution in [3.63, 3.8) is 0 Å². The summed E-state index contributed by atoms with van der Waals surface area (Å²) in [6.45, 7) is 7.26. The molecule has 0 saturated carbocycles. The van der Waals surface area contributed by atoms with Crippen LogP contribution in [0.4, 0.5) is 0 Å². The van der Waals surface area contributed by atoms with E-state index in [1.54, 1.807) is 13.8 Å². The van der Waals surface area contributed by atoms with Gasteiger partial charge >= 0.3 is 23.9 Å². The summed E-state index contributed by atoms with van der Waals surface area (Å²) < 4.78 is 0. The molecule has 0 aromatic carbocycles. The molecule has 2 atom stereocenters. The third-order valence-electron chi connectivity index (χ3n) is 2.84. The van der Waals surface area contributed by atoms with Crippen LogP contribution in [0.15, 0.2) is 0 Å². The number of carboxylic acid groups (broad SMARTS) is 4. The van der Waals surface area contributed by atoms with Gasteiger partial charge in [-0.3, -0.25) is 19.2 Å². The number of carboxylic acids is 4. The van der Waals surface area contributed by atoms with Gasteiger partial charge in [-0.1, -0.05) is 53.4 Å². The minimum atomic E-state index is -0.813. The van der Waals surface area contributed by atoms with E-state index in [0.717, 1.165) is 25.7 Å². The van der Waals surface area contributed by atoms with Gasteiger partial charge < -0.3 is 20.4 Å². The lowest BCUT2D eigenvalue weighted by atomic mass is 10.2. The monoisotopic (exact) mass is 444 g/mol. The summed E-state index contributed by atoms with van der Waals surface area (Å²) >= 11 is 7.72. The molecule has 0 aliphatic heterocycles. The van der Waals surface area contributed by atoms with Crippen LogP contribution in [0.2, 0.25) is 0 Å². The Morgan fingerprint density at radius 2 is 0.857 bits per heavy atom. The van der Waals surface area contributed by atoms with Crippen LogP contribution in [0, 0.1) is 0 Å². The van der Waals surface area contributed by atoms with Crippen molar-refractivity contribution < 1.29 is 39.6 Å². The van der Waals surface area contributed by atoms with Crippen LogP contribution < -0.4 is 0 Å². The summed E-state index contributed by atoms with van der Waals surface area (Å²) in [6, 6.07) is 0. The maximum absolute atomic E-state index is 10.1. The Labute approximate surface area is 178 Å². The number of unbranched alkanes of at least 4 members (excludes halogenated alkanes) is 2. The number of hydrogen-bond acceptors (Lipinski definition) is 6. The first-order valence-corrected chi connectivity index (χ1v) is 10.2. The largest absolute Gasteiger partial charge is 0.481 e. The number of aliphatic carboxylic acids is 4. The van der Waals surface area contributed by atoms with Crippen molar-refractivity contribution in [1.82, 2.24) is 0 Å². The molecule has 0 amide bonds. The van der Waals surface area contributed by atoms with E-state index in [9.17, 15) is 19.2 Å². The molecule has 0 aromatic heterocycles. The SMILES string of the molecule is CCC(=O)O.CCC(=O)O.CCCCC(S)C(=O)O.CCCCC(S)C(=O)O. The van der Waals surface area contributed by atoms with Crippen molar-refractivity contribution in [3.05, 3.63) is 0 Å². The predicted molar refractivity (Wildman–Crippen MR) is 116 cm³/mol. The highest BCUT2D eigenvalue weighted by Crippen LogP contribution is 2.06. The highest BCUT2D eigenvalue weighted by atomic mass is 32.1. The van der Waals surface area contributed by atoms with E-state index in [2.05, 4.69) is 25.3 Å². The molecule has 168 valence electrons. The zero-order valence-electron chi connectivity index (χ0n) is 17.1. The van der Waals surface area contributed by atoms with E-state index in [1.807, 2.05) is 13.8 Å². The molecule has 28 heavy (non-hydrogen) atoms. The molecule has 0 rings (SSSR count). The molecule has 0 saturated heterocycles. The van der Waals surface area contributed by atoms with Gasteiger partial charge in [-0.25, -0.2) is 0 Å². The minimum Gasteiger partial charge on any atom is -0.481 e. The Morgan fingerprint density at radius 3 is 0.964 bits per heavy atom. The second-order valence-electron chi connectivity index (χ2n) is 5.49. The molecular formula is C18H36O8S2. The molecule has 0 aliphatic rings. The van der Waals surface area contributed by atoms with E-state index in [0.29, 0.717) is 12.8 Å². The lowest BCUT2D eigenvalue weighted by molar-refractivity contribution is -0.137. The third-order valence-corrected chi connectivity index (χ3v) is 3.80. The number of thiol groups is 2. The van der Waals surface area contributed by atoms with Crippen LogP contribution >= 0.6 is 25.3 Å². The first-order valence-electron chi connectivity index (χ1n) is 9.16. The molecule has 4 N–H and O–H groups in total. The molecule has 0 fully saturated rings. The molecule has 0 heterocycles. The molecule has 0 radical (unpaired) electrons. The van der Waals surface area contributed by atoms with Crippen molar-refractivity contribution in [3.8, 4) is 0 Å². The molecule has 8 nitrogen and oxygen atoms in total. The van der Waals surface area contributed by atoms with E-state index >= 15 is 0 Å². The van der Waals surface area contributed by atoms with Gasteiger partial charge in [0, 0.05) is 12.8 Å². The quantitative estimate of drug-likeness (QED) is 0.276. The van der Waals surface area contributed by atoms with Gasteiger partial charge in [-0.15, -0.1) is 0 Å². The normalized spacial score (nSPS) is 11.1. The van der Waals surface area contributed by atoms with Crippen LogP contribution in [-0.2, 0) is 19.2 Å². The molecule has 0 aromatic rings. The molecule has 10 heteroatoms. The molecule has 2 unspecified atom stereocenters. The van der Waals surface area contributed by atoms with Gasteiger partial charge in [0.15, 0.2) is 0 Å². The van der Waals surface area contributed by atoms with Crippen LogP contribution in [-0.4, -0.2) is 54.8 Å². The minimum absolute atomic E-state index is 0.222. The smallest absolute Gasteiger partial charge is 0.316 e. The second-order valence-corrected chi connectivity index (χ2v) is 6.73. The highest BCUT2D eigenvalue weighted by molar-refractivity contribution is 7.82. The Morgan fingerprint density at radius 1 is 0.643 bits per heavy atom. The van der Waals surface area contributed by atoms with Gasteiger partial charge in [0.2, 0.25) is 0 Å². The van der Waals surface area contributed by atoms with Crippen molar-refractivity contribution >= 4 is 49.1 Å². The van der Waals surface area contributed by atoms with E-state index < -0.39 is 34.4 Å². The summed E-state index contributed by atoms with van der Waals surface area (Å²) in [7, 11) is 0. The zero-order chi connectivity index (χ0) is 23.1. The lowest BCUT2D eigenvalue weighted by Gasteiger charge is -2.01. The molecular weight excluding hydrogens is 408 g/mol. The maximum Gasteiger partial charge on any atom is 0.316 e. The Hall–Kier alpha value is -1.42. The fourth-order valence-corrected chi connectivity index (χ4v) is 1.41. The fourth-order valence-electron chi connectivity index (χ4n) is 1.04. The van der Waals surface area contributed by atoms with Crippen LogP contribution in [0.1, 0.15) is 79.1 Å². The van der Waals surface area contributed by atoms with Gasteiger partial charge in [0.25, 0.3) is 0 Å². The van der Waals surface area contributed by atoms with Crippen LogP contribution in [0.5, 0.6) is 0 Å². The summed E-state index contributed by atoms with van der Waals surface area (Å²) in [6.07, 6.45) is 5.75. The van der Waals surface area contributed by atoms with Crippen molar-refractivity contribution in [2.75, 3.05) is 0 Å². The zero-order valence-corrected chi connectivity index (χ0v) is 18.9. The maximum atomic E-state index is 10.1. The molecule has 0 spiro atoms. The number of hydrogen-bond donors (Lipinski definition) is 6. The Balaban J connectivity index is -0.000000143. The van der Waals surface area contributed by atoms with E-state index in [1.165, 1.54) is 0 Å². The average Bonchev–Trinajstić information content (AvgIpc) is 2.65. The summed E-state index contributed by atoms with van der Waals surface area (Å²) in [4.78, 5) is 39.0. The predicted octanol–water partition coefficient (Wildman–Crippen LogP) is 4.08. The summed E-state index contributed by atoms with van der Waals surface area (Å²) in [5.41, 5.74) is 0. The topological polar surface area (TPSA) is 149 Å². The van der Waals surface area contributed by atoms with Crippen molar-refractivity contribution in [1.29, 1.82) is 0 Å². The van der Waals surface area contributed by atoms with Crippen molar-refractivity contribution in [2.24, 2.45) is 0 Å². The summed E-state index contributed by atoms with van der Waals surface area (Å²) in [5, 5.41) is 31.2. The van der Waals surface area contributed by atoms with Gasteiger partial charge in [-0.2, -0.15) is 25.3 Å². The van der Waals surface area contributed by atoms with E-state index in [4.69, 9.17) is 20.4 Å². The molecule has 0 bridgehead atoms. The fraction of sp³-hybridized carbons (Fsp3) is 0.778. The van der Waals surface area contributed by atoms with Crippen LogP contribution in [0.25, 0.3) is 0 Å². The Bertz CT molecular complexity index is 378. The first-order chi connectivity index (χ1) is 12.9. The lowest BCUT2D eigenvalue weighted by Crippen LogP contribution is -2.12. The second kappa shape index (κ2) is 25.6. The third kappa shape index (κ3) is 39.6. The van der Waals surface area contributed by atoms with Gasteiger partial charge in [0.05, 0.1) is 10.5 Å². The van der Waals surface area contributed by atoms with E-state index in [-0.39, 0.29) is 12.8 Å². The number of carbonyl (C=O) groups is 4. The van der Waals surface area contributed by atoms with Gasteiger partial charge in [-0.05, 0) is 12.8 Å². The van der Waals surface area contributed by atoms with Gasteiger partial charge in [0.1, 0.15) is 0 Å². The molecule has 0 aliphatic carbocycles. The first kappa shape index (κ1) is 34.1. The van der Waals surface area contributed by atoms with Crippen LogP contribution in [0.3, 0.4) is 0 Å². The Kier molecular flexibility index (Phi) is 31.2. The average molecular weight is 445 g/mol.